The number of nitrogens with zero attached hydrogens (tertiary/aromatic N) is 1. The molecular formula is C21H16N2O2S. The molecule has 128 valence electrons. The van der Waals surface area contributed by atoms with Gasteiger partial charge in [-0.15, -0.1) is 11.3 Å². The molecule has 26 heavy (non-hydrogen) atoms. The van der Waals surface area contributed by atoms with E-state index in [1.165, 1.54) is 11.3 Å². The first kappa shape index (κ1) is 16.3. The molecule has 2 heterocycles. The molecule has 0 aliphatic rings. The molecule has 4 rings (SSSR count). The molecule has 5 heteroatoms. The second-order valence-electron chi connectivity index (χ2n) is 5.69. The Morgan fingerprint density at radius 2 is 1.62 bits per heavy atom. The highest BCUT2D eigenvalue weighted by atomic mass is 32.1. The number of aromatic nitrogens is 1. The van der Waals surface area contributed by atoms with Crippen LogP contribution in [-0.2, 0) is 6.54 Å². The van der Waals surface area contributed by atoms with Crippen LogP contribution < -0.4 is 5.32 Å². The van der Waals surface area contributed by atoms with Crippen LogP contribution in [0.4, 0.5) is 0 Å². The summed E-state index contributed by atoms with van der Waals surface area (Å²) in [7, 11) is 0. The molecule has 4 nitrogen and oxygen atoms in total. The molecule has 0 radical (unpaired) electrons. The van der Waals surface area contributed by atoms with Crippen molar-refractivity contribution in [1.29, 1.82) is 0 Å². The number of furan rings is 1. The number of carbonyl (C=O) groups is 1. The van der Waals surface area contributed by atoms with E-state index in [-0.39, 0.29) is 5.91 Å². The molecule has 2 aromatic carbocycles. The number of hydrogen-bond acceptors (Lipinski definition) is 4. The molecule has 2 aromatic heterocycles. The van der Waals surface area contributed by atoms with Crippen molar-refractivity contribution in [2.75, 3.05) is 0 Å². The van der Waals surface area contributed by atoms with E-state index in [2.05, 4.69) is 5.32 Å². The Kier molecular flexibility index (Phi) is 4.62. The fourth-order valence-electron chi connectivity index (χ4n) is 2.63. The quantitative estimate of drug-likeness (QED) is 0.545. The second-order valence-corrected chi connectivity index (χ2v) is 6.69. The van der Waals surface area contributed by atoms with Gasteiger partial charge in [0.25, 0.3) is 5.91 Å². The van der Waals surface area contributed by atoms with Gasteiger partial charge in [0.15, 0.2) is 0 Å². The minimum absolute atomic E-state index is 0.153. The molecule has 0 atom stereocenters. The van der Waals surface area contributed by atoms with Crippen LogP contribution in [0.3, 0.4) is 0 Å². The fourth-order valence-corrected chi connectivity index (χ4v) is 3.64. The third-order valence-electron chi connectivity index (χ3n) is 3.90. The lowest BCUT2D eigenvalue weighted by Gasteiger charge is -2.03. The molecule has 0 unspecified atom stereocenters. The van der Waals surface area contributed by atoms with Crippen LogP contribution >= 0.6 is 11.3 Å². The van der Waals surface area contributed by atoms with Crippen LogP contribution in [0.15, 0.2) is 83.5 Å². The highest BCUT2D eigenvalue weighted by Gasteiger charge is 2.20. The van der Waals surface area contributed by atoms with Crippen molar-refractivity contribution in [2.45, 2.75) is 6.54 Å². The van der Waals surface area contributed by atoms with Crippen molar-refractivity contribution >= 4 is 17.2 Å². The van der Waals surface area contributed by atoms with Crippen LogP contribution in [0.25, 0.3) is 21.8 Å². The summed E-state index contributed by atoms with van der Waals surface area (Å²) in [4.78, 5) is 18.1. The predicted molar refractivity (Wildman–Crippen MR) is 103 cm³/mol. The van der Waals surface area contributed by atoms with E-state index in [4.69, 9.17) is 9.40 Å². The first-order valence-electron chi connectivity index (χ1n) is 8.23. The molecule has 0 spiro atoms. The highest BCUT2D eigenvalue weighted by Crippen LogP contribution is 2.33. The normalized spacial score (nSPS) is 10.6. The smallest absolute Gasteiger partial charge is 0.264 e. The molecule has 0 aliphatic carbocycles. The van der Waals surface area contributed by atoms with Gasteiger partial charge >= 0.3 is 0 Å². The Morgan fingerprint density at radius 1 is 0.923 bits per heavy atom. The lowest BCUT2D eigenvalue weighted by molar-refractivity contribution is 0.0952. The van der Waals surface area contributed by atoms with Gasteiger partial charge in [-0.3, -0.25) is 4.79 Å². The minimum atomic E-state index is -0.153. The van der Waals surface area contributed by atoms with Crippen molar-refractivity contribution in [3.05, 3.63) is 89.7 Å². The standard InChI is InChI=1S/C21H16N2O2S/c24-20(22-14-17-12-7-13-25-17)19-18(15-8-3-1-4-9-15)23-21(26-19)16-10-5-2-6-11-16/h1-13H,14H2,(H,22,24). The van der Waals surface area contributed by atoms with Gasteiger partial charge in [-0.2, -0.15) is 0 Å². The topological polar surface area (TPSA) is 55.1 Å². The lowest BCUT2D eigenvalue weighted by Crippen LogP contribution is -2.22. The number of benzene rings is 2. The summed E-state index contributed by atoms with van der Waals surface area (Å²) in [5.41, 5.74) is 2.63. The largest absolute Gasteiger partial charge is 0.467 e. The van der Waals surface area contributed by atoms with Crippen LogP contribution in [0.1, 0.15) is 15.4 Å². The molecule has 0 saturated carbocycles. The van der Waals surface area contributed by atoms with E-state index in [0.717, 1.165) is 16.1 Å². The Balaban J connectivity index is 1.69. The molecular weight excluding hydrogens is 344 g/mol. The average molecular weight is 360 g/mol. The van der Waals surface area contributed by atoms with Crippen LogP contribution in [0.2, 0.25) is 0 Å². The molecule has 1 N–H and O–H groups in total. The van der Waals surface area contributed by atoms with Gasteiger partial charge in [0.1, 0.15) is 15.6 Å². The second kappa shape index (κ2) is 7.37. The number of amides is 1. The number of carbonyl (C=O) groups excluding carboxylic acids is 1. The Labute approximate surface area is 155 Å². The maximum Gasteiger partial charge on any atom is 0.264 e. The van der Waals surface area contributed by atoms with E-state index in [9.17, 15) is 4.79 Å². The predicted octanol–water partition coefficient (Wildman–Crippen LogP) is 5.00. The third kappa shape index (κ3) is 3.43. The SMILES string of the molecule is O=C(NCc1ccco1)c1sc(-c2ccccc2)nc1-c1ccccc1. The monoisotopic (exact) mass is 360 g/mol. The van der Waals surface area contributed by atoms with Gasteiger partial charge in [0.05, 0.1) is 18.5 Å². The van der Waals surface area contributed by atoms with Crippen molar-refractivity contribution < 1.29 is 9.21 Å². The molecule has 4 aromatic rings. The molecule has 1 amide bonds. The van der Waals surface area contributed by atoms with Crippen molar-refractivity contribution in [1.82, 2.24) is 10.3 Å². The van der Waals surface area contributed by atoms with Gasteiger partial charge in [-0.05, 0) is 12.1 Å². The van der Waals surface area contributed by atoms with E-state index in [0.29, 0.717) is 22.9 Å². The first-order valence-corrected chi connectivity index (χ1v) is 9.05. The molecule has 0 bridgehead atoms. The van der Waals surface area contributed by atoms with Gasteiger partial charge in [0.2, 0.25) is 0 Å². The Bertz CT molecular complexity index is 993. The number of hydrogen-bond donors (Lipinski definition) is 1. The summed E-state index contributed by atoms with van der Waals surface area (Å²) in [6, 6.07) is 23.3. The minimum Gasteiger partial charge on any atom is -0.467 e. The van der Waals surface area contributed by atoms with Crippen LogP contribution in [-0.4, -0.2) is 10.9 Å². The maximum atomic E-state index is 12.8. The molecule has 0 fully saturated rings. The summed E-state index contributed by atoms with van der Waals surface area (Å²) in [5, 5.41) is 3.74. The Morgan fingerprint density at radius 3 is 2.27 bits per heavy atom. The van der Waals surface area contributed by atoms with Gasteiger partial charge < -0.3 is 9.73 Å². The summed E-state index contributed by atoms with van der Waals surface area (Å²) in [5.74, 6) is 0.562. The number of nitrogens with one attached hydrogen (secondary N) is 1. The molecule has 0 aliphatic heterocycles. The third-order valence-corrected chi connectivity index (χ3v) is 5.01. The zero-order valence-corrected chi connectivity index (χ0v) is 14.7. The van der Waals surface area contributed by atoms with E-state index < -0.39 is 0 Å². The fraction of sp³-hybridized carbons (Fsp3) is 0.0476. The summed E-state index contributed by atoms with van der Waals surface area (Å²) >= 11 is 1.40. The average Bonchev–Trinajstić information content (AvgIpc) is 3.37. The highest BCUT2D eigenvalue weighted by molar-refractivity contribution is 7.17. The lowest BCUT2D eigenvalue weighted by atomic mass is 10.1. The summed E-state index contributed by atoms with van der Waals surface area (Å²) in [6.45, 7) is 0.346. The van der Waals surface area contributed by atoms with Crippen molar-refractivity contribution in [3.8, 4) is 21.8 Å². The summed E-state index contributed by atoms with van der Waals surface area (Å²) in [6.07, 6.45) is 1.59. The summed E-state index contributed by atoms with van der Waals surface area (Å²) < 4.78 is 5.28. The van der Waals surface area contributed by atoms with Crippen molar-refractivity contribution in [2.24, 2.45) is 0 Å². The van der Waals surface area contributed by atoms with Gasteiger partial charge in [-0.25, -0.2) is 4.98 Å². The van der Waals surface area contributed by atoms with Crippen LogP contribution in [0.5, 0.6) is 0 Å². The number of thiazole rings is 1. The molecule has 0 saturated heterocycles. The maximum absolute atomic E-state index is 12.8. The van der Waals surface area contributed by atoms with Gasteiger partial charge in [0, 0.05) is 11.1 Å². The zero-order chi connectivity index (χ0) is 17.8. The zero-order valence-electron chi connectivity index (χ0n) is 13.9. The van der Waals surface area contributed by atoms with E-state index in [1.54, 1.807) is 12.3 Å². The van der Waals surface area contributed by atoms with E-state index in [1.807, 2.05) is 66.7 Å². The first-order chi connectivity index (χ1) is 12.8. The Hall–Kier alpha value is -3.18. The van der Waals surface area contributed by atoms with Gasteiger partial charge in [-0.1, -0.05) is 60.7 Å². The van der Waals surface area contributed by atoms with Crippen LogP contribution in [0, 0.1) is 0 Å². The van der Waals surface area contributed by atoms with Crippen molar-refractivity contribution in [3.63, 3.8) is 0 Å². The van der Waals surface area contributed by atoms with E-state index >= 15 is 0 Å². The number of rotatable bonds is 5.